The fourth-order valence-electron chi connectivity index (χ4n) is 3.38. The Morgan fingerprint density at radius 3 is 2.25 bits per heavy atom. The average molecular weight is 383 g/mol. The molecule has 0 unspecified atom stereocenters. The molecule has 0 aromatic heterocycles. The topological polar surface area (TPSA) is 76.1 Å². The zero-order valence-electron chi connectivity index (χ0n) is 15.9. The van der Waals surface area contributed by atoms with E-state index in [0.717, 1.165) is 17.7 Å². The van der Waals surface area contributed by atoms with Crippen LogP contribution in [-0.2, 0) is 9.59 Å². The number of carbonyl (C=O) groups is 2. The Labute approximate surface area is 164 Å². The quantitative estimate of drug-likeness (QED) is 0.758. The Hall–Kier alpha value is -3.02. The molecule has 0 aliphatic carbocycles. The molecular formula is C22H25NO5. The van der Waals surface area contributed by atoms with Gasteiger partial charge in [0.05, 0.1) is 12.5 Å². The number of rotatable bonds is 8. The molecule has 0 spiro atoms. The van der Waals surface area contributed by atoms with Crippen LogP contribution in [0.1, 0.15) is 24.8 Å². The number of benzene rings is 2. The van der Waals surface area contributed by atoms with Crippen LogP contribution < -0.4 is 9.47 Å². The van der Waals surface area contributed by atoms with E-state index in [-0.39, 0.29) is 25.0 Å². The molecule has 0 bridgehead atoms. The zero-order valence-corrected chi connectivity index (χ0v) is 15.9. The van der Waals surface area contributed by atoms with Crippen molar-refractivity contribution in [2.75, 3.05) is 26.3 Å². The number of carboxylic acids is 1. The summed E-state index contributed by atoms with van der Waals surface area (Å²) in [5.74, 6) is -0.580. The van der Waals surface area contributed by atoms with Crippen LogP contribution in [0.5, 0.6) is 11.5 Å². The number of aliphatic carboxylic acids is 1. The molecule has 3 rings (SSSR count). The van der Waals surface area contributed by atoms with Gasteiger partial charge in [0.15, 0.2) is 6.61 Å². The average Bonchev–Trinajstić information content (AvgIpc) is 3.18. The fraction of sp³-hybridized carbons (Fsp3) is 0.364. The molecule has 6 nitrogen and oxygen atoms in total. The summed E-state index contributed by atoms with van der Waals surface area (Å²) in [5, 5.41) is 9.56. The number of likely N-dealkylation sites (tertiary alicyclic amines) is 1. The summed E-state index contributed by atoms with van der Waals surface area (Å²) in [7, 11) is 0. The Morgan fingerprint density at radius 2 is 1.64 bits per heavy atom. The summed E-state index contributed by atoms with van der Waals surface area (Å²) in [6.07, 6.45) is 0.934. The van der Waals surface area contributed by atoms with E-state index in [1.807, 2.05) is 37.3 Å². The van der Waals surface area contributed by atoms with Crippen molar-refractivity contribution in [2.24, 2.45) is 5.92 Å². The highest BCUT2D eigenvalue weighted by atomic mass is 16.5. The first-order valence-electron chi connectivity index (χ1n) is 9.49. The van der Waals surface area contributed by atoms with Gasteiger partial charge in [-0.2, -0.15) is 0 Å². The van der Waals surface area contributed by atoms with Crippen molar-refractivity contribution in [3.05, 3.63) is 60.2 Å². The van der Waals surface area contributed by atoms with E-state index in [2.05, 4.69) is 0 Å². The molecule has 1 aliphatic rings. The molecule has 0 radical (unpaired) electrons. The van der Waals surface area contributed by atoms with Gasteiger partial charge in [-0.3, -0.25) is 9.59 Å². The molecule has 0 saturated carbocycles. The number of carboxylic acid groups (broad SMARTS) is 1. The van der Waals surface area contributed by atoms with Gasteiger partial charge in [0.25, 0.3) is 5.91 Å². The van der Waals surface area contributed by atoms with E-state index in [1.165, 1.54) is 0 Å². The van der Waals surface area contributed by atoms with Gasteiger partial charge in [-0.25, -0.2) is 0 Å². The van der Waals surface area contributed by atoms with E-state index in [1.54, 1.807) is 29.2 Å². The van der Waals surface area contributed by atoms with Crippen molar-refractivity contribution >= 4 is 11.9 Å². The third kappa shape index (κ3) is 4.82. The lowest BCUT2D eigenvalue weighted by Crippen LogP contribution is -2.33. The van der Waals surface area contributed by atoms with Crippen LogP contribution in [0.15, 0.2) is 54.6 Å². The largest absolute Gasteiger partial charge is 0.494 e. The number of hydrogen-bond donors (Lipinski definition) is 1. The molecule has 148 valence electrons. The summed E-state index contributed by atoms with van der Waals surface area (Å²) in [4.78, 5) is 25.8. The molecule has 1 fully saturated rings. The molecule has 1 aliphatic heterocycles. The summed E-state index contributed by atoms with van der Waals surface area (Å²) < 4.78 is 11.1. The van der Waals surface area contributed by atoms with Crippen LogP contribution in [0.2, 0.25) is 0 Å². The number of carbonyl (C=O) groups excluding carboxylic acids is 1. The molecule has 2 atom stereocenters. The monoisotopic (exact) mass is 383 g/mol. The first-order chi connectivity index (χ1) is 13.6. The molecule has 2 aromatic carbocycles. The minimum Gasteiger partial charge on any atom is -0.494 e. The fourth-order valence-corrected chi connectivity index (χ4v) is 3.38. The van der Waals surface area contributed by atoms with Crippen LogP contribution in [0.3, 0.4) is 0 Å². The van der Waals surface area contributed by atoms with Crippen LogP contribution in [-0.4, -0.2) is 48.2 Å². The van der Waals surface area contributed by atoms with Crippen LogP contribution >= 0.6 is 0 Å². The van der Waals surface area contributed by atoms with E-state index in [0.29, 0.717) is 18.9 Å². The molecule has 28 heavy (non-hydrogen) atoms. The maximum Gasteiger partial charge on any atom is 0.308 e. The van der Waals surface area contributed by atoms with Gasteiger partial charge in [-0.05, 0) is 36.2 Å². The SMILES string of the molecule is CCCOc1ccc(OCC(=O)N2C[C@H](C(=O)O)[C@H](c3ccccc3)C2)cc1. The second-order valence-electron chi connectivity index (χ2n) is 6.87. The van der Waals surface area contributed by atoms with Crippen LogP contribution in [0.25, 0.3) is 0 Å². The van der Waals surface area contributed by atoms with Gasteiger partial charge in [0.1, 0.15) is 11.5 Å². The van der Waals surface area contributed by atoms with Crippen molar-refractivity contribution in [1.29, 1.82) is 0 Å². The normalized spacial score (nSPS) is 18.7. The van der Waals surface area contributed by atoms with Gasteiger partial charge < -0.3 is 19.5 Å². The van der Waals surface area contributed by atoms with Crippen LogP contribution in [0, 0.1) is 5.92 Å². The Bertz CT molecular complexity index is 790. The third-order valence-corrected chi connectivity index (χ3v) is 4.88. The molecule has 1 saturated heterocycles. The maximum atomic E-state index is 12.6. The van der Waals surface area contributed by atoms with E-state index >= 15 is 0 Å². The summed E-state index contributed by atoms with van der Waals surface area (Å²) >= 11 is 0. The molecule has 1 heterocycles. The van der Waals surface area contributed by atoms with Gasteiger partial charge in [0.2, 0.25) is 0 Å². The van der Waals surface area contributed by atoms with Gasteiger partial charge in [-0.1, -0.05) is 37.3 Å². The van der Waals surface area contributed by atoms with E-state index < -0.39 is 11.9 Å². The Kier molecular flexibility index (Phi) is 6.53. The third-order valence-electron chi connectivity index (χ3n) is 4.88. The molecule has 6 heteroatoms. The minimum atomic E-state index is -0.882. The Balaban J connectivity index is 1.58. The number of nitrogens with zero attached hydrogens (tertiary/aromatic N) is 1. The molecule has 1 amide bonds. The first kappa shape index (κ1) is 19.7. The highest BCUT2D eigenvalue weighted by Crippen LogP contribution is 2.33. The van der Waals surface area contributed by atoms with Crippen molar-refractivity contribution in [3.8, 4) is 11.5 Å². The van der Waals surface area contributed by atoms with Gasteiger partial charge >= 0.3 is 5.97 Å². The standard InChI is InChI=1S/C22H25NO5/c1-2-12-27-17-8-10-18(11-9-17)28-15-21(24)23-13-19(20(14-23)22(25)26)16-6-4-3-5-7-16/h3-11,19-20H,2,12-15H2,1H3,(H,25,26)/t19-,20-/m0/s1. The predicted molar refractivity (Wildman–Crippen MR) is 105 cm³/mol. The molecular weight excluding hydrogens is 358 g/mol. The number of amides is 1. The predicted octanol–water partition coefficient (Wildman–Crippen LogP) is 3.18. The van der Waals surface area contributed by atoms with Gasteiger partial charge in [-0.15, -0.1) is 0 Å². The number of ether oxygens (including phenoxy) is 2. The Morgan fingerprint density at radius 1 is 1.00 bits per heavy atom. The molecule has 2 aromatic rings. The smallest absolute Gasteiger partial charge is 0.308 e. The second-order valence-corrected chi connectivity index (χ2v) is 6.87. The summed E-state index contributed by atoms with van der Waals surface area (Å²) in [6, 6.07) is 16.6. The lowest BCUT2D eigenvalue weighted by molar-refractivity contribution is -0.142. The molecule has 1 N–H and O–H groups in total. The first-order valence-corrected chi connectivity index (χ1v) is 9.49. The van der Waals surface area contributed by atoms with Crippen molar-refractivity contribution in [1.82, 2.24) is 4.90 Å². The van der Waals surface area contributed by atoms with E-state index in [4.69, 9.17) is 9.47 Å². The van der Waals surface area contributed by atoms with Crippen LogP contribution in [0.4, 0.5) is 0 Å². The summed E-state index contributed by atoms with van der Waals surface area (Å²) in [5.41, 5.74) is 0.939. The van der Waals surface area contributed by atoms with Crippen molar-refractivity contribution in [3.63, 3.8) is 0 Å². The van der Waals surface area contributed by atoms with Crippen molar-refractivity contribution < 1.29 is 24.2 Å². The maximum absolute atomic E-state index is 12.6. The van der Waals surface area contributed by atoms with Crippen molar-refractivity contribution in [2.45, 2.75) is 19.3 Å². The van der Waals surface area contributed by atoms with Gasteiger partial charge in [0, 0.05) is 19.0 Å². The second kappa shape index (κ2) is 9.26. The van der Waals surface area contributed by atoms with E-state index in [9.17, 15) is 14.7 Å². The minimum absolute atomic E-state index is 0.122. The summed E-state index contributed by atoms with van der Waals surface area (Å²) in [6.45, 7) is 3.15. The number of hydrogen-bond acceptors (Lipinski definition) is 4. The lowest BCUT2D eigenvalue weighted by atomic mass is 9.89. The lowest BCUT2D eigenvalue weighted by Gasteiger charge is -2.17. The highest BCUT2D eigenvalue weighted by molar-refractivity contribution is 5.80. The highest BCUT2D eigenvalue weighted by Gasteiger charge is 2.40. The zero-order chi connectivity index (χ0) is 19.9.